The van der Waals surface area contributed by atoms with Crippen LogP contribution >= 0.6 is 0 Å². The minimum absolute atomic E-state index is 0.0223. The number of nitrogens with zero attached hydrogens (tertiary/aromatic N) is 1. The summed E-state index contributed by atoms with van der Waals surface area (Å²) in [6.07, 6.45) is 0.322. The molecular weight excluding hydrogens is 367 g/mol. The average molecular weight is 390 g/mol. The molecule has 0 fully saturated rings. The molecule has 1 N–H and O–H groups in total. The molecule has 0 radical (unpaired) electrons. The van der Waals surface area contributed by atoms with Gasteiger partial charge in [-0.1, -0.05) is 54.6 Å². The number of anilines is 1. The van der Waals surface area contributed by atoms with E-state index in [-0.39, 0.29) is 17.8 Å². The average Bonchev–Trinajstić information content (AvgIpc) is 2.76. The molecule has 0 aromatic heterocycles. The largest absolute Gasteiger partial charge is 0.489 e. The van der Waals surface area contributed by atoms with Gasteiger partial charge < -0.3 is 15.0 Å². The van der Waals surface area contributed by atoms with Crippen LogP contribution in [0.2, 0.25) is 0 Å². The maximum atomic E-state index is 13.3. The van der Waals surface area contributed by atoms with Crippen LogP contribution in [-0.2, 0) is 17.9 Å². The van der Waals surface area contributed by atoms with Gasteiger partial charge >= 0.3 is 0 Å². The summed E-state index contributed by atoms with van der Waals surface area (Å²) in [5.41, 5.74) is 3.00. The predicted octanol–water partition coefficient (Wildman–Crippen LogP) is 4.30. The zero-order valence-corrected chi connectivity index (χ0v) is 16.1. The quantitative estimate of drug-likeness (QED) is 0.682. The highest BCUT2D eigenvalue weighted by molar-refractivity contribution is 5.77. The van der Waals surface area contributed by atoms with Gasteiger partial charge in [0.1, 0.15) is 18.2 Å². The van der Waals surface area contributed by atoms with E-state index in [9.17, 15) is 9.18 Å². The Kier molecular flexibility index (Phi) is 5.75. The fourth-order valence-electron chi connectivity index (χ4n) is 3.54. The van der Waals surface area contributed by atoms with Gasteiger partial charge in [-0.15, -0.1) is 0 Å². The molecule has 5 heteroatoms. The number of carbonyl (C=O) groups excluding carboxylic acids is 1. The van der Waals surface area contributed by atoms with E-state index in [0.717, 1.165) is 22.6 Å². The molecule has 1 heterocycles. The SMILES string of the molecule is O=C(C[C@H]1COc2ccccc2N1Cc1ccc(F)cc1)NCc1ccccc1. The summed E-state index contributed by atoms with van der Waals surface area (Å²) in [4.78, 5) is 14.8. The van der Waals surface area contributed by atoms with Gasteiger partial charge in [-0.3, -0.25) is 4.79 Å². The Morgan fingerprint density at radius 1 is 0.966 bits per heavy atom. The Hall–Kier alpha value is -3.34. The Balaban J connectivity index is 1.48. The van der Waals surface area contributed by atoms with Gasteiger partial charge in [0.25, 0.3) is 0 Å². The lowest BCUT2D eigenvalue weighted by molar-refractivity contribution is -0.121. The van der Waals surface area contributed by atoms with Crippen molar-refractivity contribution in [2.24, 2.45) is 0 Å². The maximum absolute atomic E-state index is 13.3. The zero-order valence-electron chi connectivity index (χ0n) is 16.1. The lowest BCUT2D eigenvalue weighted by atomic mass is 10.1. The molecule has 0 saturated heterocycles. The molecule has 3 aromatic rings. The van der Waals surface area contributed by atoms with Gasteiger partial charge in [0.05, 0.1) is 18.2 Å². The molecule has 4 rings (SSSR count). The van der Waals surface area contributed by atoms with Crippen molar-refractivity contribution in [3.63, 3.8) is 0 Å². The van der Waals surface area contributed by atoms with Crippen molar-refractivity contribution in [1.29, 1.82) is 0 Å². The minimum atomic E-state index is -0.257. The van der Waals surface area contributed by atoms with Gasteiger partial charge in [-0.05, 0) is 35.4 Å². The van der Waals surface area contributed by atoms with Gasteiger partial charge in [0.15, 0.2) is 0 Å². The number of fused-ring (bicyclic) bond motifs is 1. The van der Waals surface area contributed by atoms with Crippen LogP contribution in [0.15, 0.2) is 78.9 Å². The summed E-state index contributed by atoms with van der Waals surface area (Å²) in [6.45, 7) is 1.51. The smallest absolute Gasteiger partial charge is 0.222 e. The van der Waals surface area contributed by atoms with Gasteiger partial charge in [-0.2, -0.15) is 0 Å². The molecule has 0 bridgehead atoms. The third-order valence-corrected chi connectivity index (χ3v) is 5.07. The number of para-hydroxylation sites is 2. The normalized spacial score (nSPS) is 15.3. The molecule has 1 amide bonds. The third kappa shape index (κ3) is 4.74. The van der Waals surface area contributed by atoms with Crippen LogP contribution in [0.3, 0.4) is 0 Å². The van der Waals surface area contributed by atoms with Crippen LogP contribution in [0.25, 0.3) is 0 Å². The zero-order chi connectivity index (χ0) is 20.1. The van der Waals surface area contributed by atoms with E-state index in [4.69, 9.17) is 4.74 Å². The summed E-state index contributed by atoms with van der Waals surface area (Å²) in [5.74, 6) is 0.523. The van der Waals surface area contributed by atoms with Crippen LogP contribution in [0.4, 0.5) is 10.1 Å². The first kappa shape index (κ1) is 19.0. The number of rotatable bonds is 6. The highest BCUT2D eigenvalue weighted by Crippen LogP contribution is 2.35. The molecule has 1 aliphatic heterocycles. The first-order chi connectivity index (χ1) is 14.2. The van der Waals surface area contributed by atoms with Crippen molar-refractivity contribution in [1.82, 2.24) is 5.32 Å². The summed E-state index contributed by atoms with van der Waals surface area (Å²) in [6, 6.07) is 24.0. The molecule has 0 spiro atoms. The molecule has 1 atom stereocenters. The topological polar surface area (TPSA) is 41.6 Å². The molecule has 29 heavy (non-hydrogen) atoms. The number of hydrogen-bond donors (Lipinski definition) is 1. The summed E-state index contributed by atoms with van der Waals surface area (Å²) >= 11 is 0. The molecule has 4 nitrogen and oxygen atoms in total. The number of benzene rings is 3. The van der Waals surface area contributed by atoms with E-state index >= 15 is 0 Å². The first-order valence-corrected chi connectivity index (χ1v) is 9.72. The molecule has 3 aromatic carbocycles. The van der Waals surface area contributed by atoms with E-state index < -0.39 is 0 Å². The van der Waals surface area contributed by atoms with Crippen LogP contribution < -0.4 is 15.0 Å². The van der Waals surface area contributed by atoms with Crippen molar-refractivity contribution in [2.75, 3.05) is 11.5 Å². The molecule has 1 aliphatic rings. The van der Waals surface area contributed by atoms with Crippen molar-refractivity contribution >= 4 is 11.6 Å². The second-order valence-electron chi connectivity index (χ2n) is 7.15. The molecule has 0 unspecified atom stereocenters. The number of ether oxygens (including phenoxy) is 1. The molecular formula is C24H23FN2O2. The number of carbonyl (C=O) groups is 1. The third-order valence-electron chi connectivity index (χ3n) is 5.07. The van der Waals surface area contributed by atoms with Crippen molar-refractivity contribution < 1.29 is 13.9 Å². The van der Waals surface area contributed by atoms with E-state index in [2.05, 4.69) is 10.2 Å². The highest BCUT2D eigenvalue weighted by Gasteiger charge is 2.29. The Bertz CT molecular complexity index is 960. The van der Waals surface area contributed by atoms with Crippen LogP contribution in [0.1, 0.15) is 17.5 Å². The highest BCUT2D eigenvalue weighted by atomic mass is 19.1. The second-order valence-corrected chi connectivity index (χ2v) is 7.15. The first-order valence-electron chi connectivity index (χ1n) is 9.72. The second kappa shape index (κ2) is 8.78. The lowest BCUT2D eigenvalue weighted by Gasteiger charge is -2.38. The summed E-state index contributed by atoms with van der Waals surface area (Å²) in [7, 11) is 0. The van der Waals surface area contributed by atoms with Gasteiger partial charge in [0.2, 0.25) is 5.91 Å². The van der Waals surface area contributed by atoms with E-state index in [1.54, 1.807) is 12.1 Å². The van der Waals surface area contributed by atoms with Crippen LogP contribution in [-0.4, -0.2) is 18.6 Å². The Morgan fingerprint density at radius 2 is 1.69 bits per heavy atom. The molecule has 148 valence electrons. The fraction of sp³-hybridized carbons (Fsp3) is 0.208. The Morgan fingerprint density at radius 3 is 2.48 bits per heavy atom. The van der Waals surface area contributed by atoms with E-state index in [0.29, 0.717) is 26.1 Å². The lowest BCUT2D eigenvalue weighted by Crippen LogP contribution is -2.45. The van der Waals surface area contributed by atoms with Gasteiger partial charge in [0, 0.05) is 13.1 Å². The van der Waals surface area contributed by atoms with E-state index in [1.165, 1.54) is 12.1 Å². The predicted molar refractivity (Wildman–Crippen MR) is 111 cm³/mol. The van der Waals surface area contributed by atoms with Crippen LogP contribution in [0, 0.1) is 5.82 Å². The summed E-state index contributed by atoms with van der Waals surface area (Å²) in [5, 5.41) is 2.99. The number of hydrogen-bond acceptors (Lipinski definition) is 3. The number of nitrogens with one attached hydrogen (secondary N) is 1. The number of amides is 1. The van der Waals surface area contributed by atoms with E-state index in [1.807, 2.05) is 54.6 Å². The standard InChI is InChI=1S/C24H23FN2O2/c25-20-12-10-19(11-13-20)16-27-21(17-29-23-9-5-4-8-22(23)27)14-24(28)26-15-18-6-2-1-3-7-18/h1-13,21H,14-17H2,(H,26,28)/t21-/m0/s1. The summed E-state index contributed by atoms with van der Waals surface area (Å²) < 4.78 is 19.2. The number of halogens is 1. The van der Waals surface area contributed by atoms with Crippen molar-refractivity contribution in [3.05, 3.63) is 95.8 Å². The minimum Gasteiger partial charge on any atom is -0.489 e. The van der Waals surface area contributed by atoms with Gasteiger partial charge in [-0.25, -0.2) is 4.39 Å². The monoisotopic (exact) mass is 390 g/mol. The van der Waals surface area contributed by atoms with Crippen molar-refractivity contribution in [3.8, 4) is 5.75 Å². The van der Waals surface area contributed by atoms with Crippen molar-refractivity contribution in [2.45, 2.75) is 25.6 Å². The molecule has 0 saturated carbocycles. The fourth-order valence-corrected chi connectivity index (χ4v) is 3.54. The van der Waals surface area contributed by atoms with Crippen LogP contribution in [0.5, 0.6) is 5.75 Å². The molecule has 0 aliphatic carbocycles. The maximum Gasteiger partial charge on any atom is 0.222 e. The Labute approximate surface area is 169 Å².